The number of aromatic nitrogens is 6. The number of nitrogens with zero attached hydrogens (tertiary/aromatic N) is 6. The predicted molar refractivity (Wildman–Crippen MR) is 84.6 cm³/mol. The van der Waals surface area contributed by atoms with Gasteiger partial charge in [0.15, 0.2) is 0 Å². The average molecular weight is 322 g/mol. The molecular formula is C18H22N6. The summed E-state index contributed by atoms with van der Waals surface area (Å²) < 4.78 is 4.75. The lowest BCUT2D eigenvalue weighted by molar-refractivity contribution is -0.246. The minimum Gasteiger partial charge on any atom is -0.314 e. The van der Waals surface area contributed by atoms with Gasteiger partial charge in [-0.2, -0.15) is 0 Å². The van der Waals surface area contributed by atoms with Crippen LogP contribution in [0.3, 0.4) is 0 Å². The maximum Gasteiger partial charge on any atom is 0.119 e. The molecule has 0 N–H and O–H groups in total. The highest BCUT2D eigenvalue weighted by molar-refractivity contribution is 5.21. The van der Waals surface area contributed by atoms with E-state index in [1.165, 1.54) is 38.5 Å². The van der Waals surface area contributed by atoms with Crippen molar-refractivity contribution in [2.75, 3.05) is 0 Å². The summed E-state index contributed by atoms with van der Waals surface area (Å²) in [5.41, 5.74) is 0.668. The molecule has 124 valence electrons. The fraction of sp³-hybridized carbons (Fsp3) is 0.778. The fourth-order valence-electron chi connectivity index (χ4n) is 8.38. The molecule has 0 spiro atoms. The first-order valence-electron chi connectivity index (χ1n) is 9.48. The van der Waals surface area contributed by atoms with Gasteiger partial charge in [0.1, 0.15) is 25.3 Å². The molecule has 7 saturated carbocycles. The third-order valence-electron chi connectivity index (χ3n) is 8.93. The Balaban J connectivity index is 1.34. The van der Waals surface area contributed by atoms with Gasteiger partial charge in [-0.05, 0) is 74.0 Å². The molecular weight excluding hydrogens is 300 g/mol. The lowest BCUT2D eigenvalue weighted by atomic mass is 9.33. The van der Waals surface area contributed by atoms with Gasteiger partial charge in [-0.25, -0.2) is 0 Å². The number of rotatable bonds is 2. The van der Waals surface area contributed by atoms with Gasteiger partial charge in [-0.3, -0.25) is 0 Å². The van der Waals surface area contributed by atoms with Crippen molar-refractivity contribution in [1.82, 2.24) is 29.5 Å². The third-order valence-corrected chi connectivity index (χ3v) is 8.93. The normalized spacial score (nSPS) is 53.2. The average Bonchev–Trinajstić information content (AvgIpc) is 3.32. The second-order valence-corrected chi connectivity index (χ2v) is 9.39. The molecule has 0 unspecified atom stereocenters. The summed E-state index contributed by atoms with van der Waals surface area (Å²) in [6, 6.07) is 0. The van der Waals surface area contributed by atoms with E-state index in [0.717, 1.165) is 35.5 Å². The quantitative estimate of drug-likeness (QED) is 0.849. The van der Waals surface area contributed by atoms with Crippen LogP contribution in [0, 0.1) is 35.5 Å². The van der Waals surface area contributed by atoms with E-state index < -0.39 is 0 Å². The molecule has 0 saturated heterocycles. The van der Waals surface area contributed by atoms with Crippen molar-refractivity contribution in [1.29, 1.82) is 0 Å². The summed E-state index contributed by atoms with van der Waals surface area (Å²) in [7, 11) is 0. The zero-order valence-corrected chi connectivity index (χ0v) is 13.7. The van der Waals surface area contributed by atoms with Gasteiger partial charge in [0, 0.05) is 11.1 Å². The van der Waals surface area contributed by atoms with Gasteiger partial charge in [0.2, 0.25) is 0 Å². The van der Waals surface area contributed by atoms with E-state index in [1.807, 2.05) is 25.3 Å². The van der Waals surface area contributed by atoms with Gasteiger partial charge in [-0.1, -0.05) is 0 Å². The van der Waals surface area contributed by atoms with E-state index in [2.05, 4.69) is 29.5 Å². The van der Waals surface area contributed by atoms with Gasteiger partial charge < -0.3 is 9.13 Å². The molecule has 7 fully saturated rings. The largest absolute Gasteiger partial charge is 0.314 e. The van der Waals surface area contributed by atoms with Crippen LogP contribution in [0.4, 0.5) is 0 Å². The summed E-state index contributed by atoms with van der Waals surface area (Å²) in [6.45, 7) is 0. The van der Waals surface area contributed by atoms with Gasteiger partial charge in [0.25, 0.3) is 0 Å². The first-order chi connectivity index (χ1) is 11.8. The minimum absolute atomic E-state index is 0.334. The first kappa shape index (κ1) is 12.6. The molecule has 24 heavy (non-hydrogen) atoms. The van der Waals surface area contributed by atoms with Crippen LogP contribution >= 0.6 is 0 Å². The summed E-state index contributed by atoms with van der Waals surface area (Å²) >= 11 is 0. The van der Waals surface area contributed by atoms with E-state index in [0.29, 0.717) is 11.1 Å². The molecule has 2 heterocycles. The van der Waals surface area contributed by atoms with Crippen molar-refractivity contribution in [3.63, 3.8) is 0 Å². The second kappa shape index (κ2) is 3.75. The van der Waals surface area contributed by atoms with E-state index in [1.54, 1.807) is 0 Å². The zero-order valence-electron chi connectivity index (χ0n) is 13.7. The Morgan fingerprint density at radius 1 is 0.500 bits per heavy atom. The van der Waals surface area contributed by atoms with Crippen LogP contribution in [-0.4, -0.2) is 29.5 Å². The highest BCUT2D eigenvalue weighted by Gasteiger charge is 2.71. The van der Waals surface area contributed by atoms with Crippen LogP contribution < -0.4 is 0 Å². The van der Waals surface area contributed by atoms with Crippen molar-refractivity contribution in [3.05, 3.63) is 25.3 Å². The summed E-state index contributed by atoms with van der Waals surface area (Å²) in [5.74, 6) is 5.53. The standard InChI is InChI=1S/C18H22N6/c1-11-12-4-18(24-9-21-22-10-24)5-13(11)15-3-17(1,23-7-19-20-8-23)2-14(12)16(15)6-18/h7-16H,1-6H2. The topological polar surface area (TPSA) is 61.4 Å². The summed E-state index contributed by atoms with van der Waals surface area (Å²) in [5, 5.41) is 16.5. The molecule has 7 aliphatic carbocycles. The lowest BCUT2D eigenvalue weighted by Crippen LogP contribution is -2.71. The van der Waals surface area contributed by atoms with Crippen LogP contribution in [0.5, 0.6) is 0 Å². The maximum atomic E-state index is 4.12. The maximum absolute atomic E-state index is 4.12. The van der Waals surface area contributed by atoms with E-state index >= 15 is 0 Å². The van der Waals surface area contributed by atoms with Crippen LogP contribution in [0.2, 0.25) is 0 Å². The van der Waals surface area contributed by atoms with Crippen molar-refractivity contribution in [3.8, 4) is 0 Å². The van der Waals surface area contributed by atoms with E-state index in [-0.39, 0.29) is 0 Å². The van der Waals surface area contributed by atoms with Crippen LogP contribution in [0.1, 0.15) is 38.5 Å². The van der Waals surface area contributed by atoms with Crippen molar-refractivity contribution >= 4 is 0 Å². The smallest absolute Gasteiger partial charge is 0.119 e. The molecule has 9 rings (SSSR count). The molecule has 0 amide bonds. The zero-order chi connectivity index (χ0) is 15.5. The lowest BCUT2D eigenvalue weighted by Gasteiger charge is -2.74. The van der Waals surface area contributed by atoms with E-state index in [9.17, 15) is 0 Å². The highest BCUT2D eigenvalue weighted by Crippen LogP contribution is 2.75. The predicted octanol–water partition coefficient (Wildman–Crippen LogP) is 2.07. The van der Waals surface area contributed by atoms with Crippen molar-refractivity contribution in [2.24, 2.45) is 35.5 Å². The molecule has 2 aromatic heterocycles. The molecule has 0 aliphatic heterocycles. The van der Waals surface area contributed by atoms with Gasteiger partial charge in [-0.15, -0.1) is 20.4 Å². The Bertz CT molecular complexity index is 662. The SMILES string of the molecule is c1nncn1C12CC3C4CC5(n6cnnc6)CC3C(C1)C(C5)C4C2. The Kier molecular flexibility index (Phi) is 1.97. The first-order valence-corrected chi connectivity index (χ1v) is 9.48. The summed E-state index contributed by atoms with van der Waals surface area (Å²) in [4.78, 5) is 0. The Hall–Kier alpha value is -1.72. The Morgan fingerprint density at radius 2 is 0.750 bits per heavy atom. The molecule has 6 nitrogen and oxygen atoms in total. The van der Waals surface area contributed by atoms with Gasteiger partial charge >= 0.3 is 0 Å². The third kappa shape index (κ3) is 1.23. The van der Waals surface area contributed by atoms with Crippen LogP contribution in [0.15, 0.2) is 25.3 Å². The molecule has 6 heteroatoms. The van der Waals surface area contributed by atoms with Crippen LogP contribution in [0.25, 0.3) is 0 Å². The molecule has 0 radical (unpaired) electrons. The van der Waals surface area contributed by atoms with Crippen molar-refractivity contribution < 1.29 is 0 Å². The Morgan fingerprint density at radius 3 is 1.00 bits per heavy atom. The molecule has 7 aliphatic rings. The molecule has 0 aromatic carbocycles. The van der Waals surface area contributed by atoms with Crippen LogP contribution in [-0.2, 0) is 11.1 Å². The molecule has 8 bridgehead atoms. The highest BCUT2D eigenvalue weighted by atomic mass is 15.3. The fourth-order valence-corrected chi connectivity index (χ4v) is 8.38. The van der Waals surface area contributed by atoms with Crippen molar-refractivity contribution in [2.45, 2.75) is 49.6 Å². The monoisotopic (exact) mass is 322 g/mol. The minimum atomic E-state index is 0.334. The molecule has 0 atom stereocenters. The Labute approximate surface area is 140 Å². The van der Waals surface area contributed by atoms with E-state index in [4.69, 9.17) is 0 Å². The van der Waals surface area contributed by atoms with Gasteiger partial charge in [0.05, 0.1) is 0 Å². The summed E-state index contributed by atoms with van der Waals surface area (Å²) in [6.07, 6.45) is 16.1. The number of hydrogen-bond acceptors (Lipinski definition) is 4. The second-order valence-electron chi connectivity index (χ2n) is 9.39. The number of hydrogen-bond donors (Lipinski definition) is 0. The molecule has 2 aromatic rings.